The molecule has 0 N–H and O–H groups in total. The predicted molar refractivity (Wildman–Crippen MR) is 49.9 cm³/mol. The van der Waals surface area contributed by atoms with Crippen LogP contribution in [0.3, 0.4) is 0 Å². The van der Waals surface area contributed by atoms with E-state index in [1.807, 2.05) is 13.8 Å². The average Bonchev–Trinajstić information content (AvgIpc) is 2.05. The van der Waals surface area contributed by atoms with E-state index in [-0.39, 0.29) is 5.60 Å². The molecule has 12 heavy (non-hydrogen) atoms. The fourth-order valence-corrected chi connectivity index (χ4v) is 1.27. The smallest absolute Gasteiger partial charge is 0.293 e. The first-order valence-electron chi connectivity index (χ1n) is 4.69. The van der Waals surface area contributed by atoms with Crippen LogP contribution in [0.15, 0.2) is 0 Å². The topological polar surface area (TPSA) is 26.3 Å². The second kappa shape index (κ2) is 5.18. The molecule has 0 saturated carbocycles. The summed E-state index contributed by atoms with van der Waals surface area (Å²) in [6.45, 7) is 8.94. The van der Waals surface area contributed by atoms with Crippen molar-refractivity contribution in [3.63, 3.8) is 0 Å². The second-order valence-electron chi connectivity index (χ2n) is 3.74. The summed E-state index contributed by atoms with van der Waals surface area (Å²) in [5.41, 5.74) is -0.253. The van der Waals surface area contributed by atoms with Crippen molar-refractivity contribution in [3.05, 3.63) is 0 Å². The molecule has 0 radical (unpaired) electrons. The highest BCUT2D eigenvalue weighted by Gasteiger charge is 2.25. The average molecular weight is 172 g/mol. The van der Waals surface area contributed by atoms with E-state index in [1.54, 1.807) is 0 Å². The van der Waals surface area contributed by atoms with Gasteiger partial charge in [0.1, 0.15) is 5.60 Å². The van der Waals surface area contributed by atoms with E-state index in [4.69, 9.17) is 4.74 Å². The Labute approximate surface area is 75.3 Å². The number of carbonyl (C=O) groups excluding carboxylic acids is 1. The minimum atomic E-state index is -0.253. The maximum absolute atomic E-state index is 10.2. The van der Waals surface area contributed by atoms with Gasteiger partial charge in [0.05, 0.1) is 0 Å². The normalized spacial score (nSPS) is 18.0. The molecule has 0 aromatic heterocycles. The number of hydrogen-bond donors (Lipinski definition) is 0. The summed E-state index contributed by atoms with van der Waals surface area (Å²) in [6.07, 6.45) is 2.98. The fourth-order valence-electron chi connectivity index (χ4n) is 1.27. The summed E-state index contributed by atoms with van der Waals surface area (Å²) in [5, 5.41) is 0. The minimum absolute atomic E-state index is 0.253. The van der Waals surface area contributed by atoms with Crippen LogP contribution in [0.1, 0.15) is 47.0 Å². The Hall–Kier alpha value is -0.530. The van der Waals surface area contributed by atoms with Crippen LogP contribution in [0.5, 0.6) is 0 Å². The van der Waals surface area contributed by atoms with Gasteiger partial charge in [-0.2, -0.15) is 0 Å². The number of ether oxygens (including phenoxy) is 1. The van der Waals surface area contributed by atoms with Crippen LogP contribution in [0, 0.1) is 5.92 Å². The summed E-state index contributed by atoms with van der Waals surface area (Å²) in [6, 6.07) is 0. The minimum Gasteiger partial charge on any atom is -0.462 e. The maximum atomic E-state index is 10.2. The zero-order valence-electron chi connectivity index (χ0n) is 8.59. The molecule has 0 spiro atoms. The third kappa shape index (κ3) is 3.74. The highest BCUT2D eigenvalue weighted by Crippen LogP contribution is 2.25. The molecule has 0 saturated heterocycles. The number of rotatable bonds is 6. The molecule has 0 heterocycles. The third-order valence-corrected chi connectivity index (χ3v) is 2.56. The summed E-state index contributed by atoms with van der Waals surface area (Å²) in [5.74, 6) is 0.620. The first-order chi connectivity index (χ1) is 5.58. The van der Waals surface area contributed by atoms with Crippen molar-refractivity contribution in [1.29, 1.82) is 0 Å². The van der Waals surface area contributed by atoms with E-state index in [0.29, 0.717) is 12.4 Å². The molecule has 0 bridgehead atoms. The van der Waals surface area contributed by atoms with Crippen LogP contribution in [-0.4, -0.2) is 12.1 Å². The van der Waals surface area contributed by atoms with Gasteiger partial charge in [-0.05, 0) is 25.7 Å². The SMILES string of the molecule is CCC(C)CC(C)(CC)OC=O. The van der Waals surface area contributed by atoms with Gasteiger partial charge in [0, 0.05) is 0 Å². The lowest BCUT2D eigenvalue weighted by Crippen LogP contribution is -2.29. The monoisotopic (exact) mass is 172 g/mol. The van der Waals surface area contributed by atoms with Crippen LogP contribution in [-0.2, 0) is 9.53 Å². The Balaban J connectivity index is 4.02. The summed E-state index contributed by atoms with van der Waals surface area (Å²) < 4.78 is 5.07. The standard InChI is InChI=1S/C10H20O2/c1-5-9(3)7-10(4,6-2)12-8-11/h8-9H,5-7H2,1-4H3. The Morgan fingerprint density at radius 1 is 1.50 bits per heavy atom. The van der Waals surface area contributed by atoms with E-state index < -0.39 is 0 Å². The van der Waals surface area contributed by atoms with E-state index in [1.165, 1.54) is 0 Å². The van der Waals surface area contributed by atoms with Gasteiger partial charge in [0.2, 0.25) is 0 Å². The van der Waals surface area contributed by atoms with Crippen molar-refractivity contribution in [2.75, 3.05) is 0 Å². The van der Waals surface area contributed by atoms with Gasteiger partial charge in [-0.25, -0.2) is 0 Å². The van der Waals surface area contributed by atoms with Crippen molar-refractivity contribution < 1.29 is 9.53 Å². The van der Waals surface area contributed by atoms with Crippen molar-refractivity contribution in [3.8, 4) is 0 Å². The van der Waals surface area contributed by atoms with Crippen molar-refractivity contribution in [2.45, 2.75) is 52.6 Å². The first-order valence-corrected chi connectivity index (χ1v) is 4.69. The molecule has 0 aromatic carbocycles. The van der Waals surface area contributed by atoms with Crippen molar-refractivity contribution >= 4 is 6.47 Å². The van der Waals surface area contributed by atoms with E-state index in [2.05, 4.69) is 13.8 Å². The van der Waals surface area contributed by atoms with Gasteiger partial charge in [-0.15, -0.1) is 0 Å². The largest absolute Gasteiger partial charge is 0.462 e. The van der Waals surface area contributed by atoms with Gasteiger partial charge in [0.15, 0.2) is 0 Å². The summed E-state index contributed by atoms with van der Waals surface area (Å²) in [7, 11) is 0. The molecule has 2 nitrogen and oxygen atoms in total. The quantitative estimate of drug-likeness (QED) is 0.576. The molecule has 0 fully saturated rings. The lowest BCUT2D eigenvalue weighted by Gasteiger charge is -2.28. The maximum Gasteiger partial charge on any atom is 0.293 e. The van der Waals surface area contributed by atoms with Crippen LogP contribution in [0.2, 0.25) is 0 Å². The number of carbonyl (C=O) groups is 1. The highest BCUT2D eigenvalue weighted by atomic mass is 16.5. The molecule has 0 aliphatic carbocycles. The third-order valence-electron chi connectivity index (χ3n) is 2.56. The van der Waals surface area contributed by atoms with E-state index >= 15 is 0 Å². The first kappa shape index (κ1) is 11.5. The van der Waals surface area contributed by atoms with Gasteiger partial charge < -0.3 is 4.74 Å². The van der Waals surface area contributed by atoms with Crippen LogP contribution >= 0.6 is 0 Å². The molecule has 2 unspecified atom stereocenters. The number of hydrogen-bond acceptors (Lipinski definition) is 2. The molecule has 0 aliphatic heterocycles. The van der Waals surface area contributed by atoms with E-state index in [0.717, 1.165) is 19.3 Å². The second-order valence-corrected chi connectivity index (χ2v) is 3.74. The zero-order chi connectivity index (χ0) is 9.61. The molecule has 0 aliphatic rings. The lowest BCUT2D eigenvalue weighted by atomic mass is 9.89. The van der Waals surface area contributed by atoms with E-state index in [9.17, 15) is 4.79 Å². The van der Waals surface area contributed by atoms with Gasteiger partial charge in [-0.1, -0.05) is 27.2 Å². The Morgan fingerprint density at radius 3 is 2.42 bits per heavy atom. The molecule has 2 atom stereocenters. The molecular weight excluding hydrogens is 152 g/mol. The summed E-state index contributed by atoms with van der Waals surface area (Å²) in [4.78, 5) is 10.2. The summed E-state index contributed by atoms with van der Waals surface area (Å²) >= 11 is 0. The fraction of sp³-hybridized carbons (Fsp3) is 0.900. The Kier molecular flexibility index (Phi) is 4.95. The molecule has 0 rings (SSSR count). The molecule has 0 amide bonds. The zero-order valence-corrected chi connectivity index (χ0v) is 8.59. The highest BCUT2D eigenvalue weighted by molar-refractivity contribution is 5.38. The Morgan fingerprint density at radius 2 is 2.08 bits per heavy atom. The van der Waals surface area contributed by atoms with Crippen molar-refractivity contribution in [2.24, 2.45) is 5.92 Å². The Bertz CT molecular complexity index is 134. The van der Waals surface area contributed by atoms with Gasteiger partial charge in [-0.3, -0.25) is 4.79 Å². The van der Waals surface area contributed by atoms with Crippen LogP contribution in [0.4, 0.5) is 0 Å². The molecule has 2 heteroatoms. The predicted octanol–water partition coefficient (Wildman–Crippen LogP) is 2.76. The molecule has 72 valence electrons. The molecular formula is C10H20O2. The van der Waals surface area contributed by atoms with Crippen LogP contribution in [0.25, 0.3) is 0 Å². The molecule has 0 aromatic rings. The van der Waals surface area contributed by atoms with Crippen LogP contribution < -0.4 is 0 Å². The van der Waals surface area contributed by atoms with Gasteiger partial charge in [0.25, 0.3) is 6.47 Å². The van der Waals surface area contributed by atoms with Gasteiger partial charge >= 0.3 is 0 Å². The lowest BCUT2D eigenvalue weighted by molar-refractivity contribution is -0.143. The van der Waals surface area contributed by atoms with Crippen molar-refractivity contribution in [1.82, 2.24) is 0 Å².